The number of carbonyl (C=O) groups excluding carboxylic acids is 1. The van der Waals surface area contributed by atoms with Crippen molar-refractivity contribution >= 4 is 5.91 Å². The van der Waals surface area contributed by atoms with Crippen molar-refractivity contribution in [3.05, 3.63) is 17.0 Å². The number of nitrogens with zero attached hydrogens (tertiary/aromatic N) is 1. The number of aliphatic hydroxyl groups is 3. The zero-order valence-corrected chi connectivity index (χ0v) is 10.4. The fraction of sp³-hybridized carbons (Fsp3) is 0.636. The van der Waals surface area contributed by atoms with Gasteiger partial charge >= 0.3 is 0 Å². The molecule has 0 bridgehead atoms. The molecule has 18 heavy (non-hydrogen) atoms. The second kappa shape index (κ2) is 5.94. The topological polar surface area (TPSA) is 116 Å². The first-order chi connectivity index (χ1) is 8.48. The van der Waals surface area contributed by atoms with Crippen LogP contribution in [0.25, 0.3) is 0 Å². The van der Waals surface area contributed by atoms with E-state index in [1.807, 2.05) is 0 Å². The number of rotatable bonds is 6. The molecule has 0 fully saturated rings. The van der Waals surface area contributed by atoms with Crippen LogP contribution in [0, 0.1) is 13.8 Å². The second-order valence-electron chi connectivity index (χ2n) is 4.28. The van der Waals surface area contributed by atoms with E-state index in [4.69, 9.17) is 19.8 Å². The molecule has 0 unspecified atom stereocenters. The molecular formula is C11H18N2O5. The largest absolute Gasteiger partial charge is 0.394 e. The van der Waals surface area contributed by atoms with Crippen molar-refractivity contribution in [2.75, 3.05) is 19.8 Å². The van der Waals surface area contributed by atoms with Crippen molar-refractivity contribution in [2.24, 2.45) is 0 Å². The fourth-order valence-corrected chi connectivity index (χ4v) is 1.52. The van der Waals surface area contributed by atoms with Crippen LogP contribution in [-0.2, 0) is 11.2 Å². The molecule has 1 amide bonds. The van der Waals surface area contributed by atoms with Crippen molar-refractivity contribution in [3.63, 3.8) is 0 Å². The summed E-state index contributed by atoms with van der Waals surface area (Å²) in [5, 5.41) is 33.4. The second-order valence-corrected chi connectivity index (χ2v) is 4.28. The van der Waals surface area contributed by atoms with Crippen LogP contribution in [0.2, 0.25) is 0 Å². The monoisotopic (exact) mass is 258 g/mol. The Hall–Kier alpha value is -1.44. The van der Waals surface area contributed by atoms with Gasteiger partial charge in [-0.25, -0.2) is 0 Å². The number of aryl methyl sites for hydroxylation is 2. The lowest BCUT2D eigenvalue weighted by Crippen LogP contribution is -2.57. The number of hydrogen-bond donors (Lipinski definition) is 4. The summed E-state index contributed by atoms with van der Waals surface area (Å²) in [6, 6.07) is 0. The van der Waals surface area contributed by atoms with Crippen LogP contribution in [0.3, 0.4) is 0 Å². The van der Waals surface area contributed by atoms with Crippen LogP contribution in [0.4, 0.5) is 0 Å². The first-order valence-corrected chi connectivity index (χ1v) is 5.53. The third kappa shape index (κ3) is 3.06. The minimum atomic E-state index is -1.41. The molecule has 102 valence electrons. The Kier molecular flexibility index (Phi) is 4.83. The number of aromatic nitrogens is 1. The minimum Gasteiger partial charge on any atom is -0.394 e. The molecule has 7 heteroatoms. The van der Waals surface area contributed by atoms with E-state index in [0.717, 1.165) is 0 Å². The van der Waals surface area contributed by atoms with Gasteiger partial charge in [-0.05, 0) is 13.8 Å². The van der Waals surface area contributed by atoms with Gasteiger partial charge in [0.05, 0.1) is 31.9 Å². The van der Waals surface area contributed by atoms with Crippen molar-refractivity contribution in [1.29, 1.82) is 0 Å². The zero-order valence-electron chi connectivity index (χ0n) is 10.4. The first-order valence-electron chi connectivity index (χ1n) is 5.53. The van der Waals surface area contributed by atoms with Gasteiger partial charge in [-0.2, -0.15) is 0 Å². The molecule has 0 aliphatic carbocycles. The van der Waals surface area contributed by atoms with Crippen LogP contribution in [0.5, 0.6) is 0 Å². The van der Waals surface area contributed by atoms with E-state index in [-0.39, 0.29) is 6.42 Å². The molecule has 0 radical (unpaired) electrons. The van der Waals surface area contributed by atoms with Gasteiger partial charge < -0.3 is 25.2 Å². The molecule has 7 nitrogen and oxygen atoms in total. The number of amides is 1. The van der Waals surface area contributed by atoms with E-state index in [0.29, 0.717) is 17.0 Å². The van der Waals surface area contributed by atoms with Crippen LogP contribution in [-0.4, -0.2) is 51.7 Å². The molecule has 1 rings (SSSR count). The maximum atomic E-state index is 11.8. The Morgan fingerprint density at radius 3 is 2.22 bits per heavy atom. The van der Waals surface area contributed by atoms with Crippen molar-refractivity contribution in [1.82, 2.24) is 10.5 Å². The summed E-state index contributed by atoms with van der Waals surface area (Å²) in [6.07, 6.45) is 0.0168. The van der Waals surface area contributed by atoms with Gasteiger partial charge in [0.1, 0.15) is 11.3 Å². The third-order valence-corrected chi connectivity index (χ3v) is 2.83. The molecule has 0 spiro atoms. The Morgan fingerprint density at radius 2 is 1.83 bits per heavy atom. The summed E-state index contributed by atoms with van der Waals surface area (Å²) in [6.45, 7) is 1.77. The van der Waals surface area contributed by atoms with E-state index < -0.39 is 31.3 Å². The van der Waals surface area contributed by atoms with E-state index in [9.17, 15) is 4.79 Å². The Balaban J connectivity index is 2.72. The summed E-state index contributed by atoms with van der Waals surface area (Å²) >= 11 is 0. The molecule has 0 aromatic carbocycles. The van der Waals surface area contributed by atoms with E-state index in [2.05, 4.69) is 10.5 Å². The molecular weight excluding hydrogens is 240 g/mol. The quantitative estimate of drug-likeness (QED) is 0.502. The normalized spacial score (nSPS) is 11.6. The standard InChI is InChI=1S/C11H18N2O5/c1-7-9(8(2)18-13-7)3-10(17)12-11(4-14,5-15)6-16/h14-16H,3-6H2,1-2H3,(H,12,17). The van der Waals surface area contributed by atoms with Gasteiger partial charge in [0.15, 0.2) is 0 Å². The number of aliphatic hydroxyl groups excluding tert-OH is 3. The molecule has 1 heterocycles. The average Bonchev–Trinajstić information content (AvgIpc) is 2.68. The zero-order chi connectivity index (χ0) is 13.8. The summed E-state index contributed by atoms with van der Waals surface area (Å²) < 4.78 is 4.93. The summed E-state index contributed by atoms with van der Waals surface area (Å²) in [5.41, 5.74) is -0.128. The maximum absolute atomic E-state index is 11.8. The molecule has 0 atom stereocenters. The third-order valence-electron chi connectivity index (χ3n) is 2.83. The van der Waals surface area contributed by atoms with Gasteiger partial charge in [-0.3, -0.25) is 4.79 Å². The Labute approximate surface area is 104 Å². The van der Waals surface area contributed by atoms with Crippen LogP contribution in [0.15, 0.2) is 4.52 Å². The lowest BCUT2D eigenvalue weighted by Gasteiger charge is -2.28. The van der Waals surface area contributed by atoms with Crippen molar-refractivity contribution in [2.45, 2.75) is 25.8 Å². The smallest absolute Gasteiger partial charge is 0.225 e. The Morgan fingerprint density at radius 1 is 1.28 bits per heavy atom. The van der Waals surface area contributed by atoms with E-state index >= 15 is 0 Å². The fourth-order valence-electron chi connectivity index (χ4n) is 1.52. The highest BCUT2D eigenvalue weighted by Crippen LogP contribution is 2.13. The molecule has 1 aromatic heterocycles. The molecule has 4 N–H and O–H groups in total. The average molecular weight is 258 g/mol. The minimum absolute atomic E-state index is 0.0168. The predicted molar refractivity (Wildman–Crippen MR) is 61.8 cm³/mol. The highest BCUT2D eigenvalue weighted by molar-refractivity contribution is 5.79. The van der Waals surface area contributed by atoms with Gasteiger partial charge in [-0.1, -0.05) is 5.16 Å². The molecule has 0 aliphatic heterocycles. The molecule has 0 saturated heterocycles. The lowest BCUT2D eigenvalue weighted by molar-refractivity contribution is -0.124. The first kappa shape index (κ1) is 14.6. The van der Waals surface area contributed by atoms with Crippen molar-refractivity contribution in [3.8, 4) is 0 Å². The number of nitrogens with one attached hydrogen (secondary N) is 1. The van der Waals surface area contributed by atoms with Gasteiger partial charge in [0, 0.05) is 5.56 Å². The van der Waals surface area contributed by atoms with E-state index in [1.165, 1.54) is 0 Å². The van der Waals surface area contributed by atoms with E-state index in [1.54, 1.807) is 13.8 Å². The van der Waals surface area contributed by atoms with Gasteiger partial charge in [0.25, 0.3) is 0 Å². The Bertz CT molecular complexity index is 384. The lowest BCUT2D eigenvalue weighted by atomic mass is 10.0. The molecule has 1 aromatic rings. The maximum Gasteiger partial charge on any atom is 0.225 e. The SMILES string of the molecule is Cc1noc(C)c1CC(=O)NC(CO)(CO)CO. The number of hydrogen-bond acceptors (Lipinski definition) is 6. The summed E-state index contributed by atoms with van der Waals surface area (Å²) in [5.74, 6) is 0.117. The van der Waals surface area contributed by atoms with Gasteiger partial charge in [0.2, 0.25) is 5.91 Å². The van der Waals surface area contributed by atoms with Crippen molar-refractivity contribution < 1.29 is 24.6 Å². The highest BCUT2D eigenvalue weighted by Gasteiger charge is 2.30. The van der Waals surface area contributed by atoms with Crippen LogP contribution in [0.1, 0.15) is 17.0 Å². The van der Waals surface area contributed by atoms with Crippen LogP contribution >= 0.6 is 0 Å². The predicted octanol–water partition coefficient (Wildman–Crippen LogP) is -1.33. The number of carbonyl (C=O) groups is 1. The highest BCUT2D eigenvalue weighted by atomic mass is 16.5. The summed E-state index contributed by atoms with van der Waals surface area (Å²) in [4.78, 5) is 11.8. The van der Waals surface area contributed by atoms with Gasteiger partial charge in [-0.15, -0.1) is 0 Å². The summed E-state index contributed by atoms with van der Waals surface area (Å²) in [7, 11) is 0. The molecule has 0 saturated carbocycles. The van der Waals surface area contributed by atoms with Crippen LogP contribution < -0.4 is 5.32 Å². The molecule has 0 aliphatic rings.